The van der Waals surface area contributed by atoms with Crippen LogP contribution in [0.1, 0.15) is 38.3 Å². The summed E-state index contributed by atoms with van der Waals surface area (Å²) >= 11 is 0. The van der Waals surface area contributed by atoms with Gasteiger partial charge >= 0.3 is 0 Å². The molecule has 0 unspecified atom stereocenters. The Morgan fingerprint density at radius 1 is 1.00 bits per heavy atom. The largest absolute Gasteiger partial charge is 0.497 e. The Morgan fingerprint density at radius 2 is 1.65 bits per heavy atom. The molecule has 1 saturated carbocycles. The first-order chi connectivity index (χ1) is 12.5. The lowest BCUT2D eigenvalue weighted by Gasteiger charge is -2.42. The number of hydrogen-bond donors (Lipinski definition) is 2. The normalized spacial score (nSPS) is 26.6. The van der Waals surface area contributed by atoms with Crippen molar-refractivity contribution < 1.29 is 9.53 Å². The van der Waals surface area contributed by atoms with Crippen molar-refractivity contribution >= 4 is 17.2 Å². The summed E-state index contributed by atoms with van der Waals surface area (Å²) in [6.07, 6.45) is 1.60. The molecular weight excluding hydrogens is 324 g/mol. The van der Waals surface area contributed by atoms with Crippen LogP contribution in [-0.4, -0.2) is 18.9 Å². The van der Waals surface area contributed by atoms with Gasteiger partial charge in [0.2, 0.25) is 0 Å². The van der Waals surface area contributed by atoms with Crippen LogP contribution in [0.3, 0.4) is 0 Å². The number of nitrogens with one attached hydrogen (secondary N) is 2. The number of fused-ring (bicyclic) bond motifs is 2. The average Bonchev–Trinajstić information content (AvgIpc) is 2.77. The van der Waals surface area contributed by atoms with Crippen LogP contribution in [0.25, 0.3) is 0 Å². The molecule has 0 bridgehead atoms. The standard InChI is InChI=1S/C22H26N2O2/c1-22(2)12-18-20(19(25)13-22)21(14-8-10-15(26-3)11-9-14)24-17-7-5-4-6-16(17)23-18/h4-11,18,20-21,23-24H,12-13H2,1-3H3/t18-,20-,21-/m0/s1. The quantitative estimate of drug-likeness (QED) is 0.828. The Labute approximate surface area is 155 Å². The van der Waals surface area contributed by atoms with Crippen LogP contribution in [0.2, 0.25) is 0 Å². The molecule has 3 atom stereocenters. The van der Waals surface area contributed by atoms with Crippen molar-refractivity contribution in [1.82, 2.24) is 0 Å². The fourth-order valence-electron chi connectivity index (χ4n) is 4.46. The molecule has 1 heterocycles. The van der Waals surface area contributed by atoms with E-state index in [1.807, 2.05) is 24.3 Å². The van der Waals surface area contributed by atoms with Gasteiger partial charge in [-0.15, -0.1) is 0 Å². The summed E-state index contributed by atoms with van der Waals surface area (Å²) < 4.78 is 5.29. The van der Waals surface area contributed by atoms with Gasteiger partial charge in [0.05, 0.1) is 30.4 Å². The van der Waals surface area contributed by atoms with Crippen molar-refractivity contribution in [2.45, 2.75) is 38.8 Å². The van der Waals surface area contributed by atoms with Gasteiger partial charge in [-0.2, -0.15) is 0 Å². The van der Waals surface area contributed by atoms with Gasteiger partial charge in [-0.25, -0.2) is 0 Å². The van der Waals surface area contributed by atoms with E-state index in [4.69, 9.17) is 4.74 Å². The van der Waals surface area contributed by atoms with E-state index in [-0.39, 0.29) is 23.4 Å². The molecule has 1 aliphatic heterocycles. The third kappa shape index (κ3) is 3.05. The zero-order chi connectivity index (χ0) is 18.3. The molecule has 0 radical (unpaired) electrons. The van der Waals surface area contributed by atoms with Gasteiger partial charge < -0.3 is 15.4 Å². The predicted octanol–water partition coefficient (Wildman–Crippen LogP) is 4.65. The molecule has 0 aromatic heterocycles. The Bertz CT molecular complexity index is 813. The minimum Gasteiger partial charge on any atom is -0.497 e. The summed E-state index contributed by atoms with van der Waals surface area (Å²) in [7, 11) is 1.67. The minimum absolute atomic E-state index is 0.0228. The fraction of sp³-hybridized carbons (Fsp3) is 0.409. The highest BCUT2D eigenvalue weighted by molar-refractivity contribution is 5.87. The van der Waals surface area contributed by atoms with Crippen molar-refractivity contribution in [3.63, 3.8) is 0 Å². The maximum atomic E-state index is 13.2. The molecule has 0 amide bonds. The SMILES string of the molecule is COc1ccc([C@@H]2Nc3ccccc3N[C@H]3CC(C)(C)CC(=O)[C@H]32)cc1. The van der Waals surface area contributed by atoms with Crippen LogP contribution in [0.15, 0.2) is 48.5 Å². The zero-order valence-electron chi connectivity index (χ0n) is 15.6. The van der Waals surface area contributed by atoms with Crippen LogP contribution in [0.5, 0.6) is 5.75 Å². The molecule has 2 aromatic rings. The van der Waals surface area contributed by atoms with E-state index in [1.54, 1.807) is 7.11 Å². The monoisotopic (exact) mass is 350 g/mol. The smallest absolute Gasteiger partial charge is 0.140 e. The Kier molecular flexibility index (Phi) is 4.14. The molecule has 2 N–H and O–H groups in total. The van der Waals surface area contributed by atoms with Gasteiger partial charge in [-0.05, 0) is 41.7 Å². The van der Waals surface area contributed by atoms with E-state index in [0.717, 1.165) is 29.1 Å². The zero-order valence-corrected chi connectivity index (χ0v) is 15.6. The molecule has 4 rings (SSSR count). The lowest BCUT2D eigenvalue weighted by molar-refractivity contribution is -0.128. The second-order valence-electron chi connectivity index (χ2n) is 8.23. The van der Waals surface area contributed by atoms with E-state index >= 15 is 0 Å². The number of Topliss-reactive ketones (excluding diaryl/α,β-unsaturated/α-hetero) is 1. The van der Waals surface area contributed by atoms with Crippen LogP contribution in [0, 0.1) is 11.3 Å². The molecular formula is C22H26N2O2. The van der Waals surface area contributed by atoms with E-state index in [2.05, 4.69) is 48.7 Å². The number of rotatable bonds is 2. The first kappa shape index (κ1) is 17.0. The Balaban J connectivity index is 1.78. The lowest BCUT2D eigenvalue weighted by Crippen LogP contribution is -2.47. The van der Waals surface area contributed by atoms with E-state index in [0.29, 0.717) is 12.2 Å². The number of para-hydroxylation sites is 2. The highest BCUT2D eigenvalue weighted by Crippen LogP contribution is 2.46. The van der Waals surface area contributed by atoms with Gasteiger partial charge in [-0.1, -0.05) is 38.1 Å². The molecule has 4 heteroatoms. The molecule has 136 valence electrons. The summed E-state index contributed by atoms with van der Waals surface area (Å²) in [5.41, 5.74) is 3.26. The average molecular weight is 350 g/mol. The van der Waals surface area contributed by atoms with Crippen LogP contribution < -0.4 is 15.4 Å². The second kappa shape index (κ2) is 6.35. The van der Waals surface area contributed by atoms with Crippen LogP contribution >= 0.6 is 0 Å². The Morgan fingerprint density at radius 3 is 2.31 bits per heavy atom. The van der Waals surface area contributed by atoms with Gasteiger partial charge in [-0.3, -0.25) is 4.79 Å². The van der Waals surface area contributed by atoms with Gasteiger partial charge in [0.15, 0.2) is 0 Å². The maximum absolute atomic E-state index is 13.2. The maximum Gasteiger partial charge on any atom is 0.140 e. The van der Waals surface area contributed by atoms with Crippen LogP contribution in [0.4, 0.5) is 11.4 Å². The summed E-state index contributed by atoms with van der Waals surface area (Å²) in [6, 6.07) is 16.4. The lowest BCUT2D eigenvalue weighted by atomic mass is 9.66. The molecule has 2 aliphatic rings. The topological polar surface area (TPSA) is 50.4 Å². The number of anilines is 2. The van der Waals surface area contributed by atoms with Crippen molar-refractivity contribution in [1.29, 1.82) is 0 Å². The highest BCUT2D eigenvalue weighted by atomic mass is 16.5. The molecule has 0 spiro atoms. The summed E-state index contributed by atoms with van der Waals surface area (Å²) in [5.74, 6) is 1.07. The molecule has 2 aromatic carbocycles. The van der Waals surface area contributed by atoms with Crippen molar-refractivity contribution in [2.75, 3.05) is 17.7 Å². The molecule has 26 heavy (non-hydrogen) atoms. The fourth-order valence-corrected chi connectivity index (χ4v) is 4.46. The highest BCUT2D eigenvalue weighted by Gasteiger charge is 2.46. The van der Waals surface area contributed by atoms with Crippen molar-refractivity contribution in [3.8, 4) is 5.75 Å². The van der Waals surface area contributed by atoms with E-state index in [9.17, 15) is 4.79 Å². The van der Waals surface area contributed by atoms with Gasteiger partial charge in [0.25, 0.3) is 0 Å². The predicted molar refractivity (Wildman–Crippen MR) is 105 cm³/mol. The first-order valence-electron chi connectivity index (χ1n) is 9.26. The van der Waals surface area contributed by atoms with Crippen molar-refractivity contribution in [2.24, 2.45) is 11.3 Å². The third-order valence-corrected chi connectivity index (χ3v) is 5.64. The molecule has 1 fully saturated rings. The number of benzene rings is 2. The minimum atomic E-state index is -0.0937. The number of carbonyl (C=O) groups excluding carboxylic acids is 1. The van der Waals surface area contributed by atoms with Crippen molar-refractivity contribution in [3.05, 3.63) is 54.1 Å². The number of hydrogen-bond acceptors (Lipinski definition) is 4. The number of carbonyl (C=O) groups is 1. The number of ketones is 1. The second-order valence-corrected chi connectivity index (χ2v) is 8.23. The number of methoxy groups -OCH3 is 1. The molecule has 0 saturated heterocycles. The van der Waals surface area contributed by atoms with Crippen LogP contribution in [-0.2, 0) is 4.79 Å². The van der Waals surface area contributed by atoms with E-state index < -0.39 is 0 Å². The first-order valence-corrected chi connectivity index (χ1v) is 9.26. The third-order valence-electron chi connectivity index (χ3n) is 5.64. The number of ether oxygens (including phenoxy) is 1. The molecule has 1 aliphatic carbocycles. The Hall–Kier alpha value is -2.49. The van der Waals surface area contributed by atoms with Gasteiger partial charge in [0, 0.05) is 12.5 Å². The molecule has 4 nitrogen and oxygen atoms in total. The summed E-state index contributed by atoms with van der Waals surface area (Å²) in [4.78, 5) is 13.2. The van der Waals surface area contributed by atoms with Gasteiger partial charge in [0.1, 0.15) is 11.5 Å². The van der Waals surface area contributed by atoms with E-state index in [1.165, 1.54) is 0 Å². The summed E-state index contributed by atoms with van der Waals surface area (Å²) in [6.45, 7) is 4.38. The summed E-state index contributed by atoms with van der Waals surface area (Å²) in [5, 5.41) is 7.31.